The first kappa shape index (κ1) is 12.1. The second-order valence-corrected chi connectivity index (χ2v) is 9.01. The summed E-state index contributed by atoms with van der Waals surface area (Å²) in [6.07, 6.45) is 0. The second-order valence-electron chi connectivity index (χ2n) is 4.23. The van der Waals surface area contributed by atoms with Crippen LogP contribution >= 0.6 is 28.3 Å². The SMILES string of the molecule is CC(C)(C)c1ccccc1P(=O)(Cl)Cl. The van der Waals surface area contributed by atoms with Crippen molar-refractivity contribution in [1.29, 1.82) is 0 Å². The highest BCUT2D eigenvalue weighted by molar-refractivity contribution is 8.13. The summed E-state index contributed by atoms with van der Waals surface area (Å²) in [6.45, 7) is 6.11. The number of hydrogen-bond acceptors (Lipinski definition) is 1. The maximum atomic E-state index is 11.6. The molecular formula is C10H13Cl2OP. The molecule has 14 heavy (non-hydrogen) atoms. The lowest BCUT2D eigenvalue weighted by Gasteiger charge is -2.22. The second kappa shape index (κ2) is 3.89. The van der Waals surface area contributed by atoms with Crippen LogP contribution in [0.1, 0.15) is 26.3 Å². The number of hydrogen-bond donors (Lipinski definition) is 0. The molecule has 1 aromatic rings. The van der Waals surface area contributed by atoms with E-state index in [1.165, 1.54) is 0 Å². The first-order valence-corrected chi connectivity index (χ1v) is 7.84. The van der Waals surface area contributed by atoms with Crippen LogP contribution in [0.25, 0.3) is 0 Å². The fourth-order valence-corrected chi connectivity index (χ4v) is 3.17. The quantitative estimate of drug-likeness (QED) is 0.681. The van der Waals surface area contributed by atoms with Crippen molar-refractivity contribution in [2.45, 2.75) is 26.2 Å². The van der Waals surface area contributed by atoms with Gasteiger partial charge in [-0.05, 0) is 39.5 Å². The van der Waals surface area contributed by atoms with Gasteiger partial charge in [0.1, 0.15) is 0 Å². The Balaban J connectivity index is 3.39. The number of benzene rings is 1. The highest BCUT2D eigenvalue weighted by atomic mass is 35.9. The first-order valence-electron chi connectivity index (χ1n) is 4.32. The monoisotopic (exact) mass is 250 g/mol. The molecule has 1 aromatic carbocycles. The van der Waals surface area contributed by atoms with E-state index in [1.54, 1.807) is 12.1 Å². The lowest BCUT2D eigenvalue weighted by Crippen LogP contribution is -2.20. The first-order chi connectivity index (χ1) is 6.23. The van der Waals surface area contributed by atoms with Gasteiger partial charge in [-0.15, -0.1) is 0 Å². The van der Waals surface area contributed by atoms with Gasteiger partial charge in [-0.2, -0.15) is 0 Å². The molecule has 1 nitrogen and oxygen atoms in total. The average Bonchev–Trinajstić information content (AvgIpc) is 2.01. The number of halogens is 2. The van der Waals surface area contributed by atoms with E-state index >= 15 is 0 Å². The molecule has 0 saturated carbocycles. The molecule has 0 amide bonds. The topological polar surface area (TPSA) is 17.1 Å². The van der Waals surface area contributed by atoms with Gasteiger partial charge in [0, 0.05) is 5.30 Å². The average molecular weight is 251 g/mol. The Bertz CT molecular complexity index is 376. The summed E-state index contributed by atoms with van der Waals surface area (Å²) in [4.78, 5) is 0. The van der Waals surface area contributed by atoms with Crippen molar-refractivity contribution >= 4 is 33.6 Å². The smallest absolute Gasteiger partial charge is 0.282 e. The third-order valence-corrected chi connectivity index (χ3v) is 4.04. The molecule has 0 aliphatic heterocycles. The van der Waals surface area contributed by atoms with Crippen LogP contribution < -0.4 is 5.30 Å². The van der Waals surface area contributed by atoms with Crippen LogP contribution in [0.2, 0.25) is 0 Å². The third kappa shape index (κ3) is 2.76. The predicted molar refractivity (Wildman–Crippen MR) is 64.1 cm³/mol. The zero-order chi connectivity index (χ0) is 11.0. The Hall–Kier alpha value is 0.0300. The minimum atomic E-state index is -3.21. The van der Waals surface area contributed by atoms with Crippen molar-refractivity contribution in [2.75, 3.05) is 0 Å². The summed E-state index contributed by atoms with van der Waals surface area (Å²) in [5, 5.41) is 0.552. The molecule has 78 valence electrons. The number of rotatable bonds is 1. The van der Waals surface area contributed by atoms with E-state index in [0.717, 1.165) is 5.56 Å². The molecular weight excluding hydrogens is 238 g/mol. The molecule has 0 saturated heterocycles. The Labute approximate surface area is 94.4 Å². The molecule has 0 fully saturated rings. The Morgan fingerprint density at radius 2 is 1.64 bits per heavy atom. The van der Waals surface area contributed by atoms with E-state index < -0.39 is 5.85 Å². The van der Waals surface area contributed by atoms with Gasteiger partial charge in [0.15, 0.2) is 0 Å². The van der Waals surface area contributed by atoms with Crippen molar-refractivity contribution in [1.82, 2.24) is 0 Å². The zero-order valence-electron chi connectivity index (χ0n) is 8.42. The minimum absolute atomic E-state index is 0.101. The normalized spacial score (nSPS) is 12.9. The zero-order valence-corrected chi connectivity index (χ0v) is 10.8. The summed E-state index contributed by atoms with van der Waals surface area (Å²) in [5.74, 6) is -3.21. The van der Waals surface area contributed by atoms with Crippen LogP contribution in [0, 0.1) is 0 Å². The molecule has 0 atom stereocenters. The third-order valence-electron chi connectivity index (χ3n) is 1.99. The van der Waals surface area contributed by atoms with E-state index in [4.69, 9.17) is 22.5 Å². The Morgan fingerprint density at radius 1 is 1.14 bits per heavy atom. The van der Waals surface area contributed by atoms with Crippen molar-refractivity contribution in [3.8, 4) is 0 Å². The molecule has 0 aliphatic rings. The van der Waals surface area contributed by atoms with E-state index in [1.807, 2.05) is 32.9 Å². The molecule has 1 rings (SSSR count). The Morgan fingerprint density at radius 3 is 2.00 bits per heavy atom. The summed E-state index contributed by atoms with van der Waals surface area (Å²) < 4.78 is 11.6. The van der Waals surface area contributed by atoms with Gasteiger partial charge in [0.25, 0.3) is 5.85 Å². The maximum Gasteiger partial charge on any atom is 0.282 e. The van der Waals surface area contributed by atoms with Crippen LogP contribution in [-0.2, 0) is 9.98 Å². The van der Waals surface area contributed by atoms with Crippen LogP contribution in [0.4, 0.5) is 0 Å². The van der Waals surface area contributed by atoms with Crippen molar-refractivity contribution in [2.24, 2.45) is 0 Å². The van der Waals surface area contributed by atoms with Gasteiger partial charge in [-0.25, -0.2) is 0 Å². The van der Waals surface area contributed by atoms with Crippen molar-refractivity contribution < 1.29 is 4.57 Å². The van der Waals surface area contributed by atoms with Crippen molar-refractivity contribution in [3.63, 3.8) is 0 Å². The van der Waals surface area contributed by atoms with E-state index in [9.17, 15) is 4.57 Å². The van der Waals surface area contributed by atoms with Crippen molar-refractivity contribution in [3.05, 3.63) is 29.8 Å². The van der Waals surface area contributed by atoms with Crippen LogP contribution in [0.3, 0.4) is 0 Å². The summed E-state index contributed by atoms with van der Waals surface area (Å²) in [7, 11) is 0. The van der Waals surface area contributed by atoms with E-state index in [2.05, 4.69) is 0 Å². The molecule has 0 aromatic heterocycles. The van der Waals surface area contributed by atoms with Crippen LogP contribution in [0.5, 0.6) is 0 Å². The van der Waals surface area contributed by atoms with E-state index in [0.29, 0.717) is 5.30 Å². The molecule has 0 N–H and O–H groups in total. The molecule has 0 heterocycles. The molecule has 0 spiro atoms. The highest BCUT2D eigenvalue weighted by Gasteiger charge is 2.26. The fourth-order valence-electron chi connectivity index (χ4n) is 1.33. The molecule has 0 radical (unpaired) electrons. The fraction of sp³-hybridized carbons (Fsp3) is 0.400. The van der Waals surface area contributed by atoms with Gasteiger partial charge < -0.3 is 0 Å². The summed E-state index contributed by atoms with van der Waals surface area (Å²) in [6, 6.07) is 7.32. The maximum absolute atomic E-state index is 11.6. The standard InChI is InChI=1S/C10H13Cl2OP/c1-10(2,3)8-6-4-5-7-9(8)14(11,12)13/h4-7H,1-3H3. The highest BCUT2D eigenvalue weighted by Crippen LogP contribution is 2.56. The van der Waals surface area contributed by atoms with Gasteiger partial charge in [0.05, 0.1) is 0 Å². The van der Waals surface area contributed by atoms with Crippen LogP contribution in [-0.4, -0.2) is 0 Å². The minimum Gasteiger partial charge on any atom is -0.284 e. The summed E-state index contributed by atoms with van der Waals surface area (Å²) in [5.41, 5.74) is 0.837. The molecule has 4 heteroatoms. The predicted octanol–water partition coefficient (Wildman–Crippen LogP) is 4.28. The molecule has 0 bridgehead atoms. The van der Waals surface area contributed by atoms with Gasteiger partial charge in [-0.1, -0.05) is 39.0 Å². The van der Waals surface area contributed by atoms with E-state index in [-0.39, 0.29) is 5.41 Å². The van der Waals surface area contributed by atoms with Gasteiger partial charge >= 0.3 is 0 Å². The lowest BCUT2D eigenvalue weighted by atomic mass is 9.87. The lowest BCUT2D eigenvalue weighted by molar-refractivity contribution is 0.586. The summed E-state index contributed by atoms with van der Waals surface area (Å²) >= 11 is 11.4. The Kier molecular flexibility index (Phi) is 3.36. The largest absolute Gasteiger partial charge is 0.284 e. The molecule has 0 aliphatic carbocycles. The van der Waals surface area contributed by atoms with Crippen LogP contribution in [0.15, 0.2) is 24.3 Å². The van der Waals surface area contributed by atoms with Gasteiger partial charge in [-0.3, -0.25) is 4.57 Å². The molecule has 0 unspecified atom stereocenters. The van der Waals surface area contributed by atoms with Gasteiger partial charge in [0.2, 0.25) is 0 Å².